The van der Waals surface area contributed by atoms with Gasteiger partial charge in [0.05, 0.1) is 6.54 Å². The van der Waals surface area contributed by atoms with Gasteiger partial charge >= 0.3 is 0 Å². The van der Waals surface area contributed by atoms with Crippen LogP contribution in [0.1, 0.15) is 32.1 Å². The minimum absolute atomic E-state index is 0. The summed E-state index contributed by atoms with van der Waals surface area (Å²) < 4.78 is 0. The number of carbonyl (C=O) groups excluding carboxylic acids is 2. The maximum Gasteiger partial charge on any atom is 0.236 e. The summed E-state index contributed by atoms with van der Waals surface area (Å²) >= 11 is 1.83. The molecule has 2 saturated heterocycles. The van der Waals surface area contributed by atoms with E-state index in [2.05, 4.69) is 11.6 Å². The van der Waals surface area contributed by atoms with Crippen LogP contribution in [0, 0.1) is 0 Å². The number of nitrogens with one attached hydrogen (secondary N) is 1. The van der Waals surface area contributed by atoms with Gasteiger partial charge in [-0.3, -0.25) is 9.59 Å². The first-order valence-corrected chi connectivity index (χ1v) is 9.38. The molecule has 2 aliphatic rings. The minimum atomic E-state index is 0. The van der Waals surface area contributed by atoms with Crippen molar-refractivity contribution in [2.75, 3.05) is 44.7 Å². The molecular weight excluding hydrogens is 322 g/mol. The molecule has 0 aliphatic carbocycles. The van der Waals surface area contributed by atoms with Crippen molar-refractivity contribution in [3.63, 3.8) is 0 Å². The van der Waals surface area contributed by atoms with Crippen LogP contribution in [0.5, 0.6) is 0 Å². The highest BCUT2D eigenvalue weighted by Gasteiger charge is 2.31. The Kier molecular flexibility index (Phi) is 9.21. The third kappa shape index (κ3) is 5.63. The second-order valence-electron chi connectivity index (χ2n) is 5.85. The Morgan fingerprint density at radius 3 is 2.91 bits per heavy atom. The highest BCUT2D eigenvalue weighted by molar-refractivity contribution is 7.98. The van der Waals surface area contributed by atoms with Gasteiger partial charge in [-0.2, -0.15) is 11.8 Å². The molecule has 2 amide bonds. The molecule has 5 nitrogen and oxygen atoms in total. The molecule has 2 fully saturated rings. The van der Waals surface area contributed by atoms with E-state index in [1.807, 2.05) is 21.6 Å². The van der Waals surface area contributed by atoms with E-state index in [4.69, 9.17) is 0 Å². The summed E-state index contributed by atoms with van der Waals surface area (Å²) in [6.45, 7) is 3.68. The van der Waals surface area contributed by atoms with Crippen molar-refractivity contribution < 1.29 is 9.59 Å². The lowest BCUT2D eigenvalue weighted by Gasteiger charge is -2.41. The van der Waals surface area contributed by atoms with E-state index in [0.29, 0.717) is 13.0 Å². The van der Waals surface area contributed by atoms with Gasteiger partial charge < -0.3 is 15.1 Å². The Labute approximate surface area is 144 Å². The van der Waals surface area contributed by atoms with Crippen LogP contribution in [-0.2, 0) is 9.59 Å². The number of carbonyl (C=O) groups is 2. The molecule has 7 heteroatoms. The summed E-state index contributed by atoms with van der Waals surface area (Å²) in [6, 6.07) is 0.225. The van der Waals surface area contributed by atoms with Gasteiger partial charge in [0.25, 0.3) is 0 Å². The van der Waals surface area contributed by atoms with Crippen molar-refractivity contribution in [1.29, 1.82) is 0 Å². The number of thioether (sulfide) groups is 1. The van der Waals surface area contributed by atoms with Gasteiger partial charge in [0.2, 0.25) is 11.8 Å². The first-order chi connectivity index (χ1) is 10.2. The number of hydrogen-bond acceptors (Lipinski definition) is 4. The molecule has 1 unspecified atom stereocenters. The number of piperidine rings is 1. The quantitative estimate of drug-likeness (QED) is 0.736. The first-order valence-electron chi connectivity index (χ1n) is 7.99. The molecule has 2 rings (SSSR count). The molecule has 0 radical (unpaired) electrons. The van der Waals surface area contributed by atoms with Crippen molar-refractivity contribution in [2.24, 2.45) is 0 Å². The van der Waals surface area contributed by atoms with Crippen molar-refractivity contribution >= 4 is 36.0 Å². The fraction of sp³-hybridized carbons (Fsp3) is 0.867. The van der Waals surface area contributed by atoms with Crippen LogP contribution in [-0.4, -0.2) is 72.4 Å². The van der Waals surface area contributed by atoms with Crippen molar-refractivity contribution in [1.82, 2.24) is 15.1 Å². The summed E-state index contributed by atoms with van der Waals surface area (Å²) in [5, 5.41) is 3.10. The second kappa shape index (κ2) is 10.3. The molecule has 0 aromatic rings. The monoisotopic (exact) mass is 349 g/mol. The van der Waals surface area contributed by atoms with Crippen molar-refractivity contribution in [2.45, 2.75) is 38.1 Å². The number of unbranched alkanes of at least 4 members (excludes halogenated alkanes) is 1. The standard InChI is InChI=1S/C15H27N3O2S.ClH/c1-21-10-3-2-6-14(19)17-8-4-5-13(12-17)18-9-7-16-11-15(18)20;/h13,16H,2-12H2,1H3;1H. The molecule has 0 spiro atoms. The van der Waals surface area contributed by atoms with Crippen LogP contribution < -0.4 is 5.32 Å². The zero-order valence-corrected chi connectivity index (χ0v) is 15.0. The molecule has 22 heavy (non-hydrogen) atoms. The predicted molar refractivity (Wildman–Crippen MR) is 93.7 cm³/mol. The third-order valence-electron chi connectivity index (χ3n) is 4.31. The SMILES string of the molecule is CSCCCCC(=O)N1CCCC(N2CCNCC2=O)C1.Cl. The van der Waals surface area contributed by atoms with Gasteiger partial charge in [-0.15, -0.1) is 12.4 Å². The Bertz CT molecular complexity index is 371. The summed E-state index contributed by atoms with van der Waals surface area (Å²) in [5.41, 5.74) is 0. The van der Waals surface area contributed by atoms with E-state index in [9.17, 15) is 9.59 Å². The summed E-state index contributed by atoms with van der Waals surface area (Å²) in [7, 11) is 0. The van der Waals surface area contributed by atoms with Gasteiger partial charge in [-0.1, -0.05) is 0 Å². The molecule has 2 aliphatic heterocycles. The Morgan fingerprint density at radius 2 is 2.18 bits per heavy atom. The van der Waals surface area contributed by atoms with Gasteiger partial charge in [-0.05, 0) is 37.7 Å². The summed E-state index contributed by atoms with van der Waals surface area (Å²) in [5.74, 6) is 1.58. The smallest absolute Gasteiger partial charge is 0.236 e. The lowest BCUT2D eigenvalue weighted by Crippen LogP contribution is -2.57. The Morgan fingerprint density at radius 1 is 1.36 bits per heavy atom. The van der Waals surface area contributed by atoms with E-state index in [1.165, 1.54) is 0 Å². The molecule has 0 bridgehead atoms. The average molecular weight is 350 g/mol. The number of nitrogens with zero attached hydrogens (tertiary/aromatic N) is 2. The summed E-state index contributed by atoms with van der Waals surface area (Å²) in [6.07, 6.45) is 6.89. The van der Waals surface area contributed by atoms with Gasteiger partial charge in [0, 0.05) is 38.6 Å². The fourth-order valence-corrected chi connectivity index (χ4v) is 3.62. The van der Waals surface area contributed by atoms with Crippen LogP contribution >= 0.6 is 24.2 Å². The number of likely N-dealkylation sites (tertiary alicyclic amines) is 1. The second-order valence-corrected chi connectivity index (χ2v) is 6.84. The van der Waals surface area contributed by atoms with Crippen LogP contribution in [0.4, 0.5) is 0 Å². The first kappa shape index (κ1) is 19.6. The van der Waals surface area contributed by atoms with E-state index < -0.39 is 0 Å². The maximum atomic E-state index is 12.3. The number of amides is 2. The van der Waals surface area contributed by atoms with Crippen LogP contribution in [0.3, 0.4) is 0 Å². The predicted octanol–water partition coefficient (Wildman–Crippen LogP) is 1.36. The highest BCUT2D eigenvalue weighted by atomic mass is 35.5. The maximum absolute atomic E-state index is 12.3. The average Bonchev–Trinajstić information content (AvgIpc) is 2.52. The molecule has 1 N–H and O–H groups in total. The van der Waals surface area contributed by atoms with Crippen molar-refractivity contribution in [3.05, 3.63) is 0 Å². The molecular formula is C15H28ClN3O2S. The minimum Gasteiger partial charge on any atom is -0.341 e. The summed E-state index contributed by atoms with van der Waals surface area (Å²) in [4.78, 5) is 28.2. The number of halogens is 1. The molecule has 2 heterocycles. The number of rotatable bonds is 6. The molecule has 0 aromatic carbocycles. The topological polar surface area (TPSA) is 52.7 Å². The number of hydrogen-bond donors (Lipinski definition) is 1. The highest BCUT2D eigenvalue weighted by Crippen LogP contribution is 2.18. The lowest BCUT2D eigenvalue weighted by atomic mass is 10.0. The zero-order valence-electron chi connectivity index (χ0n) is 13.4. The van der Waals surface area contributed by atoms with E-state index in [1.54, 1.807) is 0 Å². The van der Waals surface area contributed by atoms with Crippen LogP contribution in [0.25, 0.3) is 0 Å². The van der Waals surface area contributed by atoms with Crippen LogP contribution in [0.2, 0.25) is 0 Å². The normalized spacial score (nSPS) is 22.4. The van der Waals surface area contributed by atoms with E-state index in [-0.39, 0.29) is 30.3 Å². The molecule has 0 saturated carbocycles. The Hall–Kier alpha value is -0.460. The van der Waals surface area contributed by atoms with Gasteiger partial charge in [-0.25, -0.2) is 0 Å². The zero-order chi connectivity index (χ0) is 15.1. The van der Waals surface area contributed by atoms with E-state index >= 15 is 0 Å². The molecule has 0 aromatic heterocycles. The van der Waals surface area contributed by atoms with E-state index in [0.717, 1.165) is 57.6 Å². The third-order valence-corrected chi connectivity index (χ3v) is 5.00. The molecule has 1 atom stereocenters. The van der Waals surface area contributed by atoms with Gasteiger partial charge in [0.15, 0.2) is 0 Å². The fourth-order valence-electron chi connectivity index (χ4n) is 3.12. The lowest BCUT2D eigenvalue weighted by molar-refractivity contribution is -0.140. The largest absolute Gasteiger partial charge is 0.341 e. The number of piperazine rings is 1. The molecule has 128 valence electrons. The van der Waals surface area contributed by atoms with Crippen molar-refractivity contribution in [3.8, 4) is 0 Å². The Balaban J connectivity index is 0.00000242. The van der Waals surface area contributed by atoms with Crippen LogP contribution in [0.15, 0.2) is 0 Å². The van der Waals surface area contributed by atoms with Gasteiger partial charge in [0.1, 0.15) is 0 Å².